The van der Waals surface area contributed by atoms with E-state index in [2.05, 4.69) is 15.3 Å². The fourth-order valence-corrected chi connectivity index (χ4v) is 1.71. The molecule has 0 aliphatic carbocycles. The standard InChI is InChI=1S/C14H15N3O3/c1-3-12-16-10(14(18)19)8-13(17-12)15-9-6-4-5-7-11(9)20-2/h4-8H,3H2,1-2H3,(H,18,19)(H,15,16,17). The molecule has 104 valence electrons. The van der Waals surface area contributed by atoms with Crippen molar-refractivity contribution in [1.82, 2.24) is 9.97 Å². The van der Waals surface area contributed by atoms with Gasteiger partial charge < -0.3 is 15.2 Å². The van der Waals surface area contributed by atoms with Crippen LogP contribution in [0.15, 0.2) is 30.3 Å². The molecule has 1 aromatic heterocycles. The number of nitrogens with zero attached hydrogens (tertiary/aromatic N) is 2. The number of hydrogen-bond acceptors (Lipinski definition) is 5. The molecular weight excluding hydrogens is 258 g/mol. The summed E-state index contributed by atoms with van der Waals surface area (Å²) in [5, 5.41) is 12.1. The van der Waals surface area contributed by atoms with Crippen LogP contribution >= 0.6 is 0 Å². The van der Waals surface area contributed by atoms with E-state index in [1.165, 1.54) is 6.07 Å². The van der Waals surface area contributed by atoms with Gasteiger partial charge >= 0.3 is 5.97 Å². The van der Waals surface area contributed by atoms with Crippen molar-refractivity contribution in [2.75, 3.05) is 12.4 Å². The minimum atomic E-state index is -1.08. The second-order valence-corrected chi connectivity index (χ2v) is 4.04. The zero-order chi connectivity index (χ0) is 14.5. The van der Waals surface area contributed by atoms with Gasteiger partial charge in [0.15, 0.2) is 5.69 Å². The molecule has 2 N–H and O–H groups in total. The van der Waals surface area contributed by atoms with E-state index in [9.17, 15) is 4.79 Å². The second kappa shape index (κ2) is 6.01. The van der Waals surface area contributed by atoms with Crippen LogP contribution in [0.5, 0.6) is 5.75 Å². The Hall–Kier alpha value is -2.63. The molecule has 2 rings (SSSR count). The number of carboxylic acid groups (broad SMARTS) is 1. The molecule has 0 amide bonds. The zero-order valence-corrected chi connectivity index (χ0v) is 11.3. The van der Waals surface area contributed by atoms with Gasteiger partial charge in [-0.1, -0.05) is 19.1 Å². The third-order valence-corrected chi connectivity index (χ3v) is 2.68. The van der Waals surface area contributed by atoms with Gasteiger partial charge in [0.2, 0.25) is 0 Å². The highest BCUT2D eigenvalue weighted by atomic mass is 16.5. The van der Waals surface area contributed by atoms with E-state index in [0.717, 1.165) is 0 Å². The van der Waals surface area contributed by atoms with Crippen LogP contribution in [0.25, 0.3) is 0 Å². The van der Waals surface area contributed by atoms with Crippen LogP contribution in [0.1, 0.15) is 23.2 Å². The number of rotatable bonds is 5. The van der Waals surface area contributed by atoms with Crippen LogP contribution in [0.4, 0.5) is 11.5 Å². The smallest absolute Gasteiger partial charge is 0.354 e. The van der Waals surface area contributed by atoms with Gasteiger partial charge in [0.25, 0.3) is 0 Å². The van der Waals surface area contributed by atoms with Crippen LogP contribution in [-0.2, 0) is 6.42 Å². The Kier molecular flexibility index (Phi) is 4.14. The van der Waals surface area contributed by atoms with Crippen molar-refractivity contribution in [1.29, 1.82) is 0 Å². The highest BCUT2D eigenvalue weighted by Gasteiger charge is 2.11. The fraction of sp³-hybridized carbons (Fsp3) is 0.214. The van der Waals surface area contributed by atoms with Crippen molar-refractivity contribution in [3.8, 4) is 5.75 Å². The van der Waals surface area contributed by atoms with Gasteiger partial charge in [-0.05, 0) is 12.1 Å². The van der Waals surface area contributed by atoms with Crippen LogP contribution in [0.3, 0.4) is 0 Å². The van der Waals surface area contributed by atoms with E-state index < -0.39 is 5.97 Å². The maximum atomic E-state index is 11.1. The minimum Gasteiger partial charge on any atom is -0.495 e. The van der Waals surface area contributed by atoms with E-state index in [4.69, 9.17) is 9.84 Å². The summed E-state index contributed by atoms with van der Waals surface area (Å²) in [6, 6.07) is 8.73. The van der Waals surface area contributed by atoms with Gasteiger partial charge in [-0.3, -0.25) is 0 Å². The average Bonchev–Trinajstić information content (AvgIpc) is 2.47. The largest absolute Gasteiger partial charge is 0.495 e. The Morgan fingerprint density at radius 2 is 2.10 bits per heavy atom. The first-order valence-corrected chi connectivity index (χ1v) is 6.15. The van der Waals surface area contributed by atoms with Crippen molar-refractivity contribution in [3.05, 3.63) is 41.9 Å². The molecule has 0 aliphatic heterocycles. The molecule has 0 aliphatic rings. The van der Waals surface area contributed by atoms with Gasteiger partial charge in [-0.15, -0.1) is 0 Å². The molecule has 0 unspecified atom stereocenters. The minimum absolute atomic E-state index is 0.0331. The number of aromatic carboxylic acids is 1. The molecule has 2 aromatic rings. The van der Waals surface area contributed by atoms with E-state index >= 15 is 0 Å². The Labute approximate surface area is 116 Å². The summed E-state index contributed by atoms with van der Waals surface area (Å²) in [6.45, 7) is 1.87. The van der Waals surface area contributed by atoms with Crippen LogP contribution in [0, 0.1) is 0 Å². The number of methoxy groups -OCH3 is 1. The van der Waals surface area contributed by atoms with Crippen molar-refractivity contribution in [2.45, 2.75) is 13.3 Å². The van der Waals surface area contributed by atoms with E-state index in [1.807, 2.05) is 31.2 Å². The molecule has 0 radical (unpaired) electrons. The lowest BCUT2D eigenvalue weighted by Crippen LogP contribution is -2.07. The first-order chi connectivity index (χ1) is 9.63. The number of carbonyl (C=O) groups is 1. The lowest BCUT2D eigenvalue weighted by molar-refractivity contribution is 0.0690. The Morgan fingerprint density at radius 3 is 2.75 bits per heavy atom. The van der Waals surface area contributed by atoms with Crippen LogP contribution in [-0.4, -0.2) is 28.2 Å². The number of benzene rings is 1. The van der Waals surface area contributed by atoms with Crippen molar-refractivity contribution in [3.63, 3.8) is 0 Å². The number of aromatic nitrogens is 2. The summed E-state index contributed by atoms with van der Waals surface area (Å²) in [4.78, 5) is 19.3. The van der Waals surface area contributed by atoms with Crippen LogP contribution in [0.2, 0.25) is 0 Å². The van der Waals surface area contributed by atoms with E-state index in [0.29, 0.717) is 29.5 Å². The predicted octanol–water partition coefficient (Wildman–Crippen LogP) is 2.49. The summed E-state index contributed by atoms with van der Waals surface area (Å²) in [5.74, 6) is 0.479. The lowest BCUT2D eigenvalue weighted by Gasteiger charge is -2.11. The molecule has 1 heterocycles. The molecule has 0 fully saturated rings. The monoisotopic (exact) mass is 273 g/mol. The molecule has 1 aromatic carbocycles. The van der Waals surface area contributed by atoms with Gasteiger partial charge in [0.05, 0.1) is 12.8 Å². The first kappa shape index (κ1) is 13.8. The summed E-state index contributed by atoms with van der Waals surface area (Å²) < 4.78 is 5.23. The second-order valence-electron chi connectivity index (χ2n) is 4.04. The molecule has 0 bridgehead atoms. The first-order valence-electron chi connectivity index (χ1n) is 6.15. The summed E-state index contributed by atoms with van der Waals surface area (Å²) >= 11 is 0. The maximum absolute atomic E-state index is 11.1. The normalized spacial score (nSPS) is 10.1. The Morgan fingerprint density at radius 1 is 1.35 bits per heavy atom. The topological polar surface area (TPSA) is 84.3 Å². The average molecular weight is 273 g/mol. The third-order valence-electron chi connectivity index (χ3n) is 2.68. The maximum Gasteiger partial charge on any atom is 0.354 e. The number of anilines is 2. The number of carboxylic acids is 1. The van der Waals surface area contributed by atoms with Gasteiger partial charge in [0.1, 0.15) is 17.4 Å². The van der Waals surface area contributed by atoms with Crippen molar-refractivity contribution in [2.24, 2.45) is 0 Å². The predicted molar refractivity (Wildman–Crippen MR) is 74.6 cm³/mol. The zero-order valence-electron chi connectivity index (χ0n) is 11.3. The number of hydrogen-bond donors (Lipinski definition) is 2. The quantitative estimate of drug-likeness (QED) is 0.870. The molecule has 0 saturated carbocycles. The third kappa shape index (κ3) is 3.03. The molecule has 0 atom stereocenters. The molecule has 0 spiro atoms. The SMILES string of the molecule is CCc1nc(Nc2ccccc2OC)cc(C(=O)O)n1. The molecule has 6 heteroatoms. The Balaban J connectivity index is 2.37. The van der Waals surface area contributed by atoms with Crippen molar-refractivity contribution < 1.29 is 14.6 Å². The van der Waals surface area contributed by atoms with E-state index in [-0.39, 0.29) is 5.69 Å². The molecule has 6 nitrogen and oxygen atoms in total. The number of aryl methyl sites for hydroxylation is 1. The van der Waals surface area contributed by atoms with Crippen molar-refractivity contribution >= 4 is 17.5 Å². The number of para-hydroxylation sites is 2. The summed E-state index contributed by atoms with van der Waals surface area (Å²) in [7, 11) is 1.57. The summed E-state index contributed by atoms with van der Waals surface area (Å²) in [5.41, 5.74) is 0.682. The fourth-order valence-electron chi connectivity index (χ4n) is 1.71. The van der Waals surface area contributed by atoms with Crippen LogP contribution < -0.4 is 10.1 Å². The molecule has 0 saturated heterocycles. The van der Waals surface area contributed by atoms with Gasteiger partial charge in [0, 0.05) is 12.5 Å². The highest BCUT2D eigenvalue weighted by molar-refractivity contribution is 5.86. The Bertz CT molecular complexity index is 629. The highest BCUT2D eigenvalue weighted by Crippen LogP contribution is 2.26. The van der Waals surface area contributed by atoms with E-state index in [1.54, 1.807) is 7.11 Å². The summed E-state index contributed by atoms with van der Waals surface area (Å²) in [6.07, 6.45) is 0.557. The van der Waals surface area contributed by atoms with Gasteiger partial charge in [-0.25, -0.2) is 14.8 Å². The van der Waals surface area contributed by atoms with Gasteiger partial charge in [-0.2, -0.15) is 0 Å². The molecule has 20 heavy (non-hydrogen) atoms. The number of nitrogens with one attached hydrogen (secondary N) is 1. The number of ether oxygens (including phenoxy) is 1. The lowest BCUT2D eigenvalue weighted by atomic mass is 10.3. The molecular formula is C14H15N3O3.